The van der Waals surface area contributed by atoms with E-state index in [-0.39, 0.29) is 10.9 Å². The molecule has 0 spiro atoms. The van der Waals surface area contributed by atoms with Crippen molar-refractivity contribution in [1.82, 2.24) is 19.5 Å². The topological polar surface area (TPSA) is 76.9 Å². The number of aromatic nitrogens is 3. The monoisotopic (exact) mass is 378 g/mol. The quantitative estimate of drug-likeness (QED) is 0.577. The highest BCUT2D eigenvalue weighted by Gasteiger charge is 2.18. The summed E-state index contributed by atoms with van der Waals surface area (Å²) in [6.45, 7) is 1.82. The summed E-state index contributed by atoms with van der Waals surface area (Å²) in [6, 6.07) is 20.0. The van der Waals surface area contributed by atoms with Gasteiger partial charge in [-0.15, -0.1) is 0 Å². The molecule has 1 N–H and O–H groups in total. The van der Waals surface area contributed by atoms with Gasteiger partial charge in [0.15, 0.2) is 0 Å². The fraction of sp³-hybridized carbons (Fsp3) is 0.100. The lowest BCUT2D eigenvalue weighted by Crippen LogP contribution is -2.26. The highest BCUT2D eigenvalue weighted by atomic mass is 32.2. The first kappa shape index (κ1) is 17.4. The van der Waals surface area contributed by atoms with E-state index in [2.05, 4.69) is 14.8 Å². The molecular formula is C20H18N4O2S. The maximum absolute atomic E-state index is 12.8. The summed E-state index contributed by atoms with van der Waals surface area (Å²) in [6.07, 6.45) is 3.08. The first-order chi connectivity index (χ1) is 13.0. The fourth-order valence-electron chi connectivity index (χ4n) is 2.96. The molecule has 6 nitrogen and oxygen atoms in total. The first-order valence-electron chi connectivity index (χ1n) is 8.49. The largest absolute Gasteiger partial charge is 0.241 e. The van der Waals surface area contributed by atoms with Gasteiger partial charge in [-0.3, -0.25) is 0 Å². The lowest BCUT2D eigenvalue weighted by Gasteiger charge is -2.15. The summed E-state index contributed by atoms with van der Waals surface area (Å²) in [5.74, 6) is 0. The lowest BCUT2D eigenvalue weighted by atomic mass is 10.1. The maximum Gasteiger partial charge on any atom is 0.241 e. The summed E-state index contributed by atoms with van der Waals surface area (Å²) >= 11 is 0. The number of hydrogen-bond donors (Lipinski definition) is 1. The molecule has 1 heterocycles. The Morgan fingerprint density at radius 1 is 0.963 bits per heavy atom. The molecule has 136 valence electrons. The van der Waals surface area contributed by atoms with Crippen molar-refractivity contribution in [1.29, 1.82) is 0 Å². The zero-order valence-corrected chi connectivity index (χ0v) is 15.5. The third kappa shape index (κ3) is 3.60. The van der Waals surface area contributed by atoms with Gasteiger partial charge in [0.05, 0.1) is 10.6 Å². The molecule has 0 aliphatic heterocycles. The molecule has 4 aromatic rings. The van der Waals surface area contributed by atoms with Gasteiger partial charge in [-0.2, -0.15) is 5.10 Å². The van der Waals surface area contributed by atoms with Crippen LogP contribution in [0.4, 0.5) is 0 Å². The summed E-state index contributed by atoms with van der Waals surface area (Å²) < 4.78 is 30.0. The molecule has 0 amide bonds. The van der Waals surface area contributed by atoms with E-state index in [0.29, 0.717) is 0 Å². The van der Waals surface area contributed by atoms with E-state index in [1.807, 2.05) is 61.5 Å². The maximum atomic E-state index is 12.8. The highest BCUT2D eigenvalue weighted by molar-refractivity contribution is 7.89. The van der Waals surface area contributed by atoms with Gasteiger partial charge in [0.2, 0.25) is 10.0 Å². The molecule has 4 rings (SSSR count). The molecule has 0 radical (unpaired) electrons. The second-order valence-electron chi connectivity index (χ2n) is 6.28. The number of nitrogens with one attached hydrogen (secondary N) is 1. The van der Waals surface area contributed by atoms with Gasteiger partial charge >= 0.3 is 0 Å². The molecule has 3 aromatic carbocycles. The van der Waals surface area contributed by atoms with E-state index in [9.17, 15) is 8.42 Å². The standard InChI is InChI=1S/C20H18N4O2S/c1-15(16-6-9-19(10-7-16)24-14-21-13-22-24)23-27(25,26)20-11-8-17-4-2-3-5-18(17)12-20/h2-15,23H,1H3/t15-/m1/s1. The zero-order valence-electron chi connectivity index (χ0n) is 14.6. The van der Waals surface area contributed by atoms with Crippen molar-refractivity contribution in [3.8, 4) is 5.69 Å². The summed E-state index contributed by atoms with van der Waals surface area (Å²) in [4.78, 5) is 4.18. The number of hydrogen-bond acceptors (Lipinski definition) is 4. The number of fused-ring (bicyclic) bond motifs is 1. The van der Waals surface area contributed by atoms with Crippen LogP contribution in [0.3, 0.4) is 0 Å². The minimum atomic E-state index is -3.63. The van der Waals surface area contributed by atoms with Crippen LogP contribution in [0.15, 0.2) is 84.3 Å². The summed E-state index contributed by atoms with van der Waals surface area (Å²) in [5, 5.41) is 5.98. The van der Waals surface area contributed by atoms with E-state index in [0.717, 1.165) is 22.0 Å². The Bertz CT molecular complexity index is 1170. The van der Waals surface area contributed by atoms with Crippen LogP contribution in [-0.2, 0) is 10.0 Å². The molecule has 27 heavy (non-hydrogen) atoms. The average Bonchev–Trinajstić information content (AvgIpc) is 3.22. The predicted octanol–water partition coefficient (Wildman–Crippen LogP) is 3.46. The number of sulfonamides is 1. The number of rotatable bonds is 5. The Hall–Kier alpha value is -3.03. The molecule has 1 atom stereocenters. The Kier molecular flexibility index (Phi) is 4.47. The van der Waals surface area contributed by atoms with Crippen molar-refractivity contribution in [2.24, 2.45) is 0 Å². The van der Waals surface area contributed by atoms with E-state index in [1.165, 1.54) is 6.33 Å². The molecule has 7 heteroatoms. The van der Waals surface area contributed by atoms with E-state index < -0.39 is 10.0 Å². The van der Waals surface area contributed by atoms with Crippen LogP contribution < -0.4 is 4.72 Å². The second-order valence-corrected chi connectivity index (χ2v) is 8.00. The second kappa shape index (κ2) is 6.94. The Morgan fingerprint density at radius 2 is 1.70 bits per heavy atom. The molecule has 0 unspecified atom stereocenters. The minimum Gasteiger partial charge on any atom is -0.223 e. The van der Waals surface area contributed by atoms with Crippen molar-refractivity contribution in [3.05, 3.63) is 84.9 Å². The molecule has 0 saturated heterocycles. The third-order valence-corrected chi connectivity index (χ3v) is 5.98. The van der Waals surface area contributed by atoms with Gasteiger partial charge in [-0.1, -0.05) is 42.5 Å². The van der Waals surface area contributed by atoms with Gasteiger partial charge in [-0.25, -0.2) is 22.8 Å². The minimum absolute atomic E-state index is 0.257. The van der Waals surface area contributed by atoms with Crippen molar-refractivity contribution >= 4 is 20.8 Å². The van der Waals surface area contributed by atoms with Crippen molar-refractivity contribution in [2.45, 2.75) is 17.9 Å². The van der Waals surface area contributed by atoms with Crippen LogP contribution in [0.2, 0.25) is 0 Å². The summed E-state index contributed by atoms with van der Waals surface area (Å²) in [5.41, 5.74) is 1.73. The van der Waals surface area contributed by atoms with Crippen molar-refractivity contribution in [2.75, 3.05) is 0 Å². The fourth-order valence-corrected chi connectivity index (χ4v) is 4.23. The van der Waals surface area contributed by atoms with Crippen LogP contribution in [0, 0.1) is 0 Å². The Balaban J connectivity index is 1.56. The van der Waals surface area contributed by atoms with Crippen LogP contribution in [0.25, 0.3) is 16.5 Å². The van der Waals surface area contributed by atoms with Gasteiger partial charge < -0.3 is 0 Å². The van der Waals surface area contributed by atoms with E-state index in [1.54, 1.807) is 23.1 Å². The molecule has 1 aromatic heterocycles. The van der Waals surface area contributed by atoms with Crippen LogP contribution >= 0.6 is 0 Å². The molecule has 0 saturated carbocycles. The smallest absolute Gasteiger partial charge is 0.223 e. The lowest BCUT2D eigenvalue weighted by molar-refractivity contribution is 0.567. The van der Waals surface area contributed by atoms with Gasteiger partial charge in [0.1, 0.15) is 12.7 Å². The summed E-state index contributed by atoms with van der Waals surface area (Å²) in [7, 11) is -3.63. The average molecular weight is 378 g/mol. The predicted molar refractivity (Wildman–Crippen MR) is 104 cm³/mol. The third-order valence-electron chi connectivity index (χ3n) is 4.44. The van der Waals surface area contributed by atoms with Crippen molar-refractivity contribution in [3.63, 3.8) is 0 Å². The normalized spacial score (nSPS) is 12.9. The van der Waals surface area contributed by atoms with Gasteiger partial charge in [0, 0.05) is 6.04 Å². The molecule has 0 bridgehead atoms. The number of nitrogens with zero attached hydrogens (tertiary/aromatic N) is 3. The molecule has 0 fully saturated rings. The molecule has 0 aliphatic carbocycles. The van der Waals surface area contributed by atoms with E-state index >= 15 is 0 Å². The van der Waals surface area contributed by atoms with Crippen LogP contribution in [0.1, 0.15) is 18.5 Å². The van der Waals surface area contributed by atoms with Gasteiger partial charge in [-0.05, 0) is 47.5 Å². The SMILES string of the molecule is C[C@@H](NS(=O)(=O)c1ccc2ccccc2c1)c1ccc(-n2cncn2)cc1. The van der Waals surface area contributed by atoms with E-state index in [4.69, 9.17) is 0 Å². The van der Waals surface area contributed by atoms with Crippen molar-refractivity contribution < 1.29 is 8.42 Å². The van der Waals surface area contributed by atoms with Crippen LogP contribution in [-0.4, -0.2) is 23.2 Å². The van der Waals surface area contributed by atoms with Gasteiger partial charge in [0.25, 0.3) is 0 Å². The first-order valence-corrected chi connectivity index (χ1v) is 9.97. The number of benzene rings is 3. The zero-order chi connectivity index (χ0) is 18.9. The molecular weight excluding hydrogens is 360 g/mol. The highest BCUT2D eigenvalue weighted by Crippen LogP contribution is 2.22. The molecule has 0 aliphatic rings. The van der Waals surface area contributed by atoms with Crippen LogP contribution in [0.5, 0.6) is 0 Å². The Morgan fingerprint density at radius 3 is 2.41 bits per heavy atom. The Labute approximate surface area is 157 Å².